The molecular formula is C27H29BN6O4S. The predicted octanol–water partition coefficient (Wildman–Crippen LogP) is 3.22. The molecule has 0 bridgehead atoms. The molecule has 2 radical (unpaired) electrons. The number of carbonyl (C=O) groups is 1. The number of hydrogen-bond donors (Lipinski definition) is 2. The molecule has 3 heterocycles. The van der Waals surface area contributed by atoms with Crippen molar-refractivity contribution in [2.75, 3.05) is 18.4 Å². The van der Waals surface area contributed by atoms with Gasteiger partial charge in [-0.25, -0.2) is 22.9 Å². The van der Waals surface area contributed by atoms with Crippen molar-refractivity contribution in [3.63, 3.8) is 0 Å². The maximum absolute atomic E-state index is 13.0. The van der Waals surface area contributed by atoms with Gasteiger partial charge in [-0.2, -0.15) is 9.61 Å². The van der Waals surface area contributed by atoms with Gasteiger partial charge in [0.15, 0.2) is 5.65 Å². The van der Waals surface area contributed by atoms with E-state index in [4.69, 9.17) is 12.6 Å². The van der Waals surface area contributed by atoms with Crippen LogP contribution in [0.25, 0.3) is 16.9 Å². The predicted molar refractivity (Wildman–Crippen MR) is 150 cm³/mol. The van der Waals surface area contributed by atoms with E-state index >= 15 is 0 Å². The molecule has 2 aromatic carbocycles. The maximum atomic E-state index is 13.0. The molecule has 1 aliphatic rings. The Bertz CT molecular complexity index is 1600. The van der Waals surface area contributed by atoms with E-state index in [0.29, 0.717) is 35.6 Å². The van der Waals surface area contributed by atoms with E-state index in [2.05, 4.69) is 20.1 Å². The second-order valence-electron chi connectivity index (χ2n) is 10.4. The van der Waals surface area contributed by atoms with Crippen LogP contribution in [-0.2, 0) is 14.8 Å². The molecule has 0 unspecified atom stereocenters. The number of sulfonamides is 1. The van der Waals surface area contributed by atoms with E-state index in [1.807, 2.05) is 36.4 Å². The number of rotatable bonds is 6. The van der Waals surface area contributed by atoms with E-state index in [9.17, 15) is 13.2 Å². The van der Waals surface area contributed by atoms with Gasteiger partial charge in [-0.3, -0.25) is 0 Å². The molecule has 1 fully saturated rings. The number of aromatic nitrogens is 3. The van der Waals surface area contributed by atoms with Crippen molar-refractivity contribution in [1.82, 2.24) is 24.2 Å². The summed E-state index contributed by atoms with van der Waals surface area (Å²) in [4.78, 5) is 18.6. The second kappa shape index (κ2) is 10.3. The van der Waals surface area contributed by atoms with E-state index in [1.54, 1.807) is 37.4 Å². The number of anilines is 2. The monoisotopic (exact) mass is 544 g/mol. The molecule has 10 nitrogen and oxygen atoms in total. The van der Waals surface area contributed by atoms with Gasteiger partial charge in [0.25, 0.3) is 0 Å². The summed E-state index contributed by atoms with van der Waals surface area (Å²) in [5.74, 6) is 0.623. The Labute approximate surface area is 228 Å². The SMILES string of the molecule is [B]c1cnn2c(Nc3ccc(S(=O)(=O)N[C@@H]4CCN(C(=O)OC(C)(C)C)C4)cc3)cc(-c3ccccc3)nc12. The van der Waals surface area contributed by atoms with Crippen molar-refractivity contribution in [3.05, 3.63) is 66.9 Å². The molecule has 1 atom stereocenters. The summed E-state index contributed by atoms with van der Waals surface area (Å²) < 4.78 is 35.8. The van der Waals surface area contributed by atoms with Crippen molar-refractivity contribution in [2.45, 2.75) is 43.7 Å². The lowest BCUT2D eigenvalue weighted by molar-refractivity contribution is 0.0292. The topological polar surface area (TPSA) is 118 Å². The van der Waals surface area contributed by atoms with Gasteiger partial charge in [0.05, 0.1) is 10.6 Å². The summed E-state index contributed by atoms with van der Waals surface area (Å²) in [6.07, 6.45) is 1.60. The number of fused-ring (bicyclic) bond motifs is 1. The van der Waals surface area contributed by atoms with Gasteiger partial charge in [-0.05, 0) is 56.9 Å². The molecule has 39 heavy (non-hydrogen) atoms. The quantitative estimate of drug-likeness (QED) is 0.358. The van der Waals surface area contributed by atoms with E-state index in [-0.39, 0.29) is 11.4 Å². The first-order valence-corrected chi connectivity index (χ1v) is 14.0. The Hall–Kier alpha value is -3.90. The minimum Gasteiger partial charge on any atom is -0.444 e. The molecule has 1 aliphatic heterocycles. The molecule has 5 rings (SSSR count). The van der Waals surface area contributed by atoms with Crippen LogP contribution in [0.2, 0.25) is 0 Å². The molecule has 12 heteroatoms. The minimum absolute atomic E-state index is 0.122. The van der Waals surface area contributed by atoms with Crippen LogP contribution in [0.1, 0.15) is 27.2 Å². The zero-order valence-corrected chi connectivity index (χ0v) is 22.8. The van der Waals surface area contributed by atoms with Gasteiger partial charge in [-0.15, -0.1) is 0 Å². The van der Waals surface area contributed by atoms with Crippen molar-refractivity contribution in [3.8, 4) is 11.3 Å². The zero-order chi connectivity index (χ0) is 27.8. The molecule has 0 aliphatic carbocycles. The van der Waals surface area contributed by atoms with Gasteiger partial charge in [0, 0.05) is 42.6 Å². The Balaban J connectivity index is 1.30. The van der Waals surface area contributed by atoms with Gasteiger partial charge in [0.2, 0.25) is 10.0 Å². The highest BCUT2D eigenvalue weighted by Gasteiger charge is 2.32. The summed E-state index contributed by atoms with van der Waals surface area (Å²) in [5, 5.41) is 7.62. The maximum Gasteiger partial charge on any atom is 0.410 e. The first-order valence-electron chi connectivity index (χ1n) is 12.6. The van der Waals surface area contributed by atoms with Crippen LogP contribution in [0.15, 0.2) is 71.8 Å². The fourth-order valence-corrected chi connectivity index (χ4v) is 5.59. The summed E-state index contributed by atoms with van der Waals surface area (Å²) in [5.41, 5.74) is 2.65. The fraction of sp³-hybridized carbons (Fsp3) is 0.296. The first-order chi connectivity index (χ1) is 18.5. The highest BCUT2D eigenvalue weighted by Crippen LogP contribution is 2.25. The van der Waals surface area contributed by atoms with Crippen LogP contribution in [-0.4, -0.2) is 66.6 Å². The highest BCUT2D eigenvalue weighted by molar-refractivity contribution is 7.89. The van der Waals surface area contributed by atoms with Gasteiger partial charge < -0.3 is 15.0 Å². The van der Waals surface area contributed by atoms with Crippen molar-refractivity contribution < 1.29 is 17.9 Å². The third kappa shape index (κ3) is 6.07. The number of nitrogens with one attached hydrogen (secondary N) is 2. The molecule has 1 amide bonds. The third-order valence-corrected chi connectivity index (χ3v) is 7.70. The van der Waals surface area contributed by atoms with Gasteiger partial charge in [-0.1, -0.05) is 30.3 Å². The van der Waals surface area contributed by atoms with Gasteiger partial charge >= 0.3 is 6.09 Å². The van der Waals surface area contributed by atoms with Crippen molar-refractivity contribution in [1.29, 1.82) is 0 Å². The molecule has 4 aromatic rings. The fourth-order valence-electron chi connectivity index (χ4n) is 4.33. The van der Waals surface area contributed by atoms with Crippen LogP contribution in [0.5, 0.6) is 0 Å². The number of ether oxygens (including phenoxy) is 1. The molecule has 1 saturated heterocycles. The van der Waals surface area contributed by atoms with Crippen LogP contribution < -0.4 is 15.5 Å². The number of benzene rings is 2. The standard InChI is InChI=1S/C27H29BN6O4S/c1-27(2,3)38-26(35)33-14-13-20(17-33)32-39(36,37)21-11-9-19(10-12-21)30-24-15-23(18-7-5-4-6-8-18)31-25-22(28)16-29-34(24)25/h4-12,15-16,20,30,32H,13-14,17H2,1-3H3/t20-/m1/s1. The Morgan fingerprint density at radius 3 is 2.51 bits per heavy atom. The van der Waals surface area contributed by atoms with E-state index in [1.165, 1.54) is 23.2 Å². The molecule has 200 valence electrons. The smallest absolute Gasteiger partial charge is 0.410 e. The summed E-state index contributed by atoms with van der Waals surface area (Å²) in [7, 11) is 2.30. The van der Waals surface area contributed by atoms with Crippen LogP contribution in [0.4, 0.5) is 16.3 Å². The first kappa shape index (κ1) is 26.7. The van der Waals surface area contributed by atoms with Gasteiger partial charge in [0.1, 0.15) is 19.3 Å². The molecule has 2 N–H and O–H groups in total. The summed E-state index contributed by atoms with van der Waals surface area (Å²) >= 11 is 0. The van der Waals surface area contributed by atoms with Crippen molar-refractivity contribution >= 4 is 46.6 Å². The summed E-state index contributed by atoms with van der Waals surface area (Å²) in [6, 6.07) is 17.6. The summed E-state index contributed by atoms with van der Waals surface area (Å²) in [6.45, 7) is 6.06. The minimum atomic E-state index is -3.79. The van der Waals surface area contributed by atoms with Crippen molar-refractivity contribution in [2.24, 2.45) is 0 Å². The van der Waals surface area contributed by atoms with E-state index in [0.717, 1.165) is 11.3 Å². The molecule has 0 spiro atoms. The Kier molecular flexibility index (Phi) is 7.08. The number of nitrogens with zero attached hydrogens (tertiary/aromatic N) is 4. The van der Waals surface area contributed by atoms with Crippen LogP contribution >= 0.6 is 0 Å². The van der Waals surface area contributed by atoms with E-state index < -0.39 is 27.8 Å². The Morgan fingerprint density at radius 2 is 1.82 bits per heavy atom. The zero-order valence-electron chi connectivity index (χ0n) is 22.0. The lowest BCUT2D eigenvalue weighted by atomic mass is 10.0. The second-order valence-corrected chi connectivity index (χ2v) is 12.1. The average molecular weight is 544 g/mol. The van der Waals surface area contributed by atoms with Crippen LogP contribution in [0, 0.1) is 0 Å². The number of likely N-dealkylation sites (tertiary alicyclic amines) is 1. The normalized spacial score (nSPS) is 16.0. The highest BCUT2D eigenvalue weighted by atomic mass is 32.2. The molecule has 2 aromatic heterocycles. The average Bonchev–Trinajstić information content (AvgIpc) is 3.50. The molecule has 0 saturated carbocycles. The number of carbonyl (C=O) groups excluding carboxylic acids is 1. The largest absolute Gasteiger partial charge is 0.444 e. The molecular weight excluding hydrogens is 515 g/mol. The van der Waals surface area contributed by atoms with Crippen LogP contribution in [0.3, 0.4) is 0 Å². The lowest BCUT2D eigenvalue weighted by Gasteiger charge is -2.24. The number of hydrogen-bond acceptors (Lipinski definition) is 7. The third-order valence-electron chi connectivity index (χ3n) is 6.17. The lowest BCUT2D eigenvalue weighted by Crippen LogP contribution is -2.40. The number of amides is 1. The Morgan fingerprint density at radius 1 is 1.10 bits per heavy atom.